The van der Waals surface area contributed by atoms with E-state index in [-0.39, 0.29) is 29.8 Å². The Balaban J connectivity index is 0.736. The molecule has 4 heterocycles. The normalized spacial score (nSPS) is 16.7. The second-order valence-corrected chi connectivity index (χ2v) is 15.2. The fraction of sp³-hybridized carbons (Fsp3) is 0.372. The number of imide groups is 2. The third-order valence-corrected chi connectivity index (χ3v) is 11.1. The maximum absolute atomic E-state index is 14.3. The van der Waals surface area contributed by atoms with Gasteiger partial charge in [0.05, 0.1) is 36.6 Å². The Kier molecular flexibility index (Phi) is 11.2. The summed E-state index contributed by atoms with van der Waals surface area (Å²) in [6.07, 6.45) is 6.87. The summed E-state index contributed by atoms with van der Waals surface area (Å²) in [6.45, 7) is 3.42. The number of nitrogens with one attached hydrogen (secondary N) is 3. The molecule has 0 bridgehead atoms. The first-order chi connectivity index (χ1) is 28.1. The van der Waals surface area contributed by atoms with Crippen molar-refractivity contribution in [3.63, 3.8) is 0 Å². The number of rotatable bonds is 16. The van der Waals surface area contributed by atoms with E-state index in [2.05, 4.69) is 62.1 Å². The first-order valence-electron chi connectivity index (χ1n) is 19.8. The molecule has 1 unspecified atom stereocenters. The van der Waals surface area contributed by atoms with Crippen LogP contribution in [0.15, 0.2) is 60.8 Å². The van der Waals surface area contributed by atoms with E-state index < -0.39 is 35.5 Å². The van der Waals surface area contributed by atoms with Gasteiger partial charge in [0.2, 0.25) is 11.8 Å². The maximum Gasteiger partial charge on any atom is 0.264 e. The molecule has 58 heavy (non-hydrogen) atoms. The van der Waals surface area contributed by atoms with Crippen molar-refractivity contribution in [2.45, 2.75) is 70.5 Å². The topological polar surface area (TPSA) is 172 Å². The summed E-state index contributed by atoms with van der Waals surface area (Å²) in [5, 5.41) is 14.8. The molecule has 15 heteroatoms. The number of fused-ring (bicyclic) bond motifs is 1. The fourth-order valence-electron chi connectivity index (χ4n) is 8.24. The van der Waals surface area contributed by atoms with Crippen LogP contribution in [0.2, 0.25) is 0 Å². The second kappa shape index (κ2) is 16.8. The van der Waals surface area contributed by atoms with Gasteiger partial charge >= 0.3 is 0 Å². The molecular formula is C43H45FN8O6. The van der Waals surface area contributed by atoms with Crippen LogP contribution in [-0.2, 0) is 40.3 Å². The molecule has 1 aliphatic carbocycles. The van der Waals surface area contributed by atoms with E-state index in [1.54, 1.807) is 22.9 Å². The highest BCUT2D eigenvalue weighted by Crippen LogP contribution is 2.37. The number of aromatic nitrogens is 4. The SMILES string of the molecule is CN(CCCCc1cn(CCOCCNc2cccc3c2C(=O)N(C2CCC(=O)NC2=O)C3=O)nn1)Cc1ccc(-c2[nH]c3cc(F)cc4c3c2CCCC4=O)cc1. The Labute approximate surface area is 334 Å². The summed E-state index contributed by atoms with van der Waals surface area (Å²) >= 11 is 0. The average molecular weight is 789 g/mol. The number of piperidine rings is 1. The smallest absolute Gasteiger partial charge is 0.264 e. The zero-order chi connectivity index (χ0) is 40.3. The minimum atomic E-state index is -1.02. The number of aryl methyl sites for hydroxylation is 2. The van der Waals surface area contributed by atoms with Gasteiger partial charge in [-0.1, -0.05) is 35.5 Å². The molecule has 2 aliphatic heterocycles. The number of amides is 4. The third kappa shape index (κ3) is 8.04. The van der Waals surface area contributed by atoms with Crippen LogP contribution in [0.25, 0.3) is 22.2 Å². The highest BCUT2D eigenvalue weighted by molar-refractivity contribution is 6.25. The fourth-order valence-corrected chi connectivity index (χ4v) is 8.24. The number of nitrogens with zero attached hydrogens (tertiary/aromatic N) is 5. The molecule has 3 aromatic carbocycles. The number of ketones is 1. The second-order valence-electron chi connectivity index (χ2n) is 15.2. The number of hydrogen-bond donors (Lipinski definition) is 3. The number of benzene rings is 3. The molecule has 0 saturated carbocycles. The lowest BCUT2D eigenvalue weighted by molar-refractivity contribution is -0.136. The summed E-state index contributed by atoms with van der Waals surface area (Å²) in [5.74, 6) is -2.56. The van der Waals surface area contributed by atoms with Crippen LogP contribution >= 0.6 is 0 Å². The maximum atomic E-state index is 14.3. The lowest BCUT2D eigenvalue weighted by Gasteiger charge is -2.27. The summed E-state index contributed by atoms with van der Waals surface area (Å²) in [7, 11) is 2.11. The highest BCUT2D eigenvalue weighted by Gasteiger charge is 2.45. The van der Waals surface area contributed by atoms with Gasteiger partial charge in [-0.15, -0.1) is 5.10 Å². The molecule has 0 spiro atoms. The quantitative estimate of drug-likeness (QED) is 0.0906. The van der Waals surface area contributed by atoms with E-state index in [9.17, 15) is 28.4 Å². The number of carbonyl (C=O) groups is 5. The molecule has 3 aliphatic rings. The summed E-state index contributed by atoms with van der Waals surface area (Å²) in [5.41, 5.74) is 7.29. The highest BCUT2D eigenvalue weighted by atomic mass is 19.1. The Bertz CT molecular complexity index is 2410. The molecule has 1 saturated heterocycles. The van der Waals surface area contributed by atoms with E-state index in [4.69, 9.17) is 4.74 Å². The zero-order valence-corrected chi connectivity index (χ0v) is 32.3. The minimum Gasteiger partial charge on any atom is -0.382 e. The van der Waals surface area contributed by atoms with E-state index in [0.29, 0.717) is 49.5 Å². The van der Waals surface area contributed by atoms with Crippen molar-refractivity contribution in [2.24, 2.45) is 0 Å². The summed E-state index contributed by atoms with van der Waals surface area (Å²) < 4.78 is 21.9. The number of halogens is 1. The third-order valence-electron chi connectivity index (χ3n) is 11.1. The van der Waals surface area contributed by atoms with E-state index in [1.165, 1.54) is 17.7 Å². The number of anilines is 1. The molecule has 300 valence electrons. The molecule has 1 fully saturated rings. The molecule has 1 atom stereocenters. The summed E-state index contributed by atoms with van der Waals surface area (Å²) in [4.78, 5) is 69.6. The van der Waals surface area contributed by atoms with Crippen LogP contribution < -0.4 is 10.6 Å². The first-order valence-corrected chi connectivity index (χ1v) is 19.8. The lowest BCUT2D eigenvalue weighted by Crippen LogP contribution is -2.54. The molecule has 5 aromatic rings. The van der Waals surface area contributed by atoms with Gasteiger partial charge < -0.3 is 19.9 Å². The Morgan fingerprint density at radius 3 is 2.64 bits per heavy atom. The number of H-pyrrole nitrogens is 1. The number of hydrogen-bond acceptors (Lipinski definition) is 10. The van der Waals surface area contributed by atoms with Gasteiger partial charge in [-0.3, -0.25) is 34.2 Å². The van der Waals surface area contributed by atoms with E-state index in [0.717, 1.165) is 78.0 Å². The van der Waals surface area contributed by atoms with Crippen LogP contribution in [0.3, 0.4) is 0 Å². The van der Waals surface area contributed by atoms with Gasteiger partial charge in [0.25, 0.3) is 11.8 Å². The largest absolute Gasteiger partial charge is 0.382 e. The number of unbranched alkanes of at least 4 members (excludes halogenated alkanes) is 1. The van der Waals surface area contributed by atoms with E-state index in [1.807, 2.05) is 6.20 Å². The van der Waals surface area contributed by atoms with Crippen LogP contribution in [0.5, 0.6) is 0 Å². The van der Waals surface area contributed by atoms with Gasteiger partial charge in [0, 0.05) is 60.0 Å². The Morgan fingerprint density at radius 1 is 0.966 bits per heavy atom. The Morgan fingerprint density at radius 2 is 1.81 bits per heavy atom. The van der Waals surface area contributed by atoms with Crippen LogP contribution in [0.4, 0.5) is 10.1 Å². The first kappa shape index (κ1) is 38.8. The monoisotopic (exact) mass is 788 g/mol. The van der Waals surface area contributed by atoms with E-state index >= 15 is 0 Å². The Hall–Kier alpha value is -6.06. The van der Waals surface area contributed by atoms with Crippen molar-refractivity contribution in [2.75, 3.05) is 38.7 Å². The molecule has 14 nitrogen and oxygen atoms in total. The van der Waals surface area contributed by atoms with Gasteiger partial charge in [-0.25, -0.2) is 9.07 Å². The van der Waals surface area contributed by atoms with Gasteiger partial charge in [-0.2, -0.15) is 0 Å². The van der Waals surface area contributed by atoms with Crippen molar-refractivity contribution in [1.29, 1.82) is 0 Å². The van der Waals surface area contributed by atoms with Crippen LogP contribution in [0, 0.1) is 5.82 Å². The number of carbonyl (C=O) groups excluding carboxylic acids is 5. The molecule has 3 N–H and O–H groups in total. The molecule has 2 aromatic heterocycles. The van der Waals surface area contributed by atoms with Crippen molar-refractivity contribution in [3.8, 4) is 11.3 Å². The molecule has 8 rings (SSSR count). The molecule has 4 amide bonds. The van der Waals surface area contributed by atoms with Gasteiger partial charge in [0.15, 0.2) is 5.78 Å². The van der Waals surface area contributed by atoms with Gasteiger partial charge in [-0.05, 0) is 93.1 Å². The number of aromatic amines is 1. The van der Waals surface area contributed by atoms with Crippen LogP contribution in [0.1, 0.15) is 86.4 Å². The predicted octanol–water partition coefficient (Wildman–Crippen LogP) is 5.07. The standard InChI is InChI=1S/C43H45FN8O6/c1-50(24-26-11-13-27(14-12-26)40-30-7-5-10-36(53)32-22-28(44)23-34(46-40)38(30)32)18-3-2-6-29-25-51(49-48-29)19-21-58-20-17-45-33-9-4-8-31-39(33)43(57)52(42(31)56)35-15-16-37(54)47-41(35)55/h4,8-9,11-14,22-23,25,35,45-46H,2-3,5-7,10,15-21,24H2,1H3,(H,47,54,55). The molecule has 0 radical (unpaired) electrons. The number of ether oxygens (including phenoxy) is 1. The number of Topliss-reactive ketones (excluding diaryl/α,β-unsaturated/α-hetero) is 1. The van der Waals surface area contributed by atoms with Gasteiger partial charge in [0.1, 0.15) is 11.9 Å². The zero-order valence-electron chi connectivity index (χ0n) is 32.3. The van der Waals surface area contributed by atoms with Crippen molar-refractivity contribution >= 4 is 46.0 Å². The van der Waals surface area contributed by atoms with Crippen molar-refractivity contribution in [3.05, 3.63) is 100 Å². The van der Waals surface area contributed by atoms with Crippen molar-refractivity contribution in [1.82, 2.24) is 35.1 Å². The average Bonchev–Trinajstić information content (AvgIpc) is 3.85. The van der Waals surface area contributed by atoms with Crippen LogP contribution in [-0.4, -0.2) is 98.6 Å². The lowest BCUT2D eigenvalue weighted by atomic mass is 9.99. The molecular weight excluding hydrogens is 744 g/mol. The minimum absolute atomic E-state index is 0.00273. The predicted molar refractivity (Wildman–Crippen MR) is 213 cm³/mol. The van der Waals surface area contributed by atoms with Crippen molar-refractivity contribution < 1.29 is 33.1 Å². The summed E-state index contributed by atoms with van der Waals surface area (Å²) in [6, 6.07) is 15.3.